The van der Waals surface area contributed by atoms with Crippen LogP contribution in [-0.4, -0.2) is 18.0 Å². The van der Waals surface area contributed by atoms with Crippen molar-refractivity contribution in [2.45, 2.75) is 77.2 Å². The van der Waals surface area contributed by atoms with Gasteiger partial charge in [-0.25, -0.2) is 0 Å². The normalized spacial score (nSPS) is 49.8. The molecule has 5 aliphatic rings. The predicted octanol–water partition coefficient (Wildman–Crippen LogP) is 2.98. The molecule has 0 aromatic carbocycles. The summed E-state index contributed by atoms with van der Waals surface area (Å²) < 4.78 is 0. The number of carbonyl (C=O) groups excluding carboxylic acids is 1. The van der Waals surface area contributed by atoms with Crippen molar-refractivity contribution < 1.29 is 4.79 Å². The van der Waals surface area contributed by atoms with Crippen LogP contribution in [0, 0.1) is 22.2 Å². The number of rotatable bonds is 3. The highest BCUT2D eigenvalue weighted by Crippen LogP contribution is 2.66. The number of amides is 1. The highest BCUT2D eigenvalue weighted by Gasteiger charge is 2.61. The molecular weight excluding hydrogens is 260 g/mol. The second-order valence-corrected chi connectivity index (χ2v) is 9.70. The van der Waals surface area contributed by atoms with Crippen molar-refractivity contribution in [2.24, 2.45) is 27.9 Å². The Morgan fingerprint density at radius 1 is 1.10 bits per heavy atom. The summed E-state index contributed by atoms with van der Waals surface area (Å²) in [5.74, 6) is 1.09. The van der Waals surface area contributed by atoms with Gasteiger partial charge in [-0.1, -0.05) is 20.3 Å². The zero-order valence-corrected chi connectivity index (χ0v) is 13.6. The zero-order chi connectivity index (χ0) is 14.9. The second-order valence-electron chi connectivity index (χ2n) is 9.70. The van der Waals surface area contributed by atoms with E-state index >= 15 is 0 Å². The number of carbonyl (C=O) groups is 1. The maximum atomic E-state index is 12.9. The monoisotopic (exact) mass is 290 g/mol. The predicted molar refractivity (Wildman–Crippen MR) is 83.6 cm³/mol. The van der Waals surface area contributed by atoms with E-state index in [1.807, 2.05) is 0 Å². The molecule has 2 unspecified atom stereocenters. The molecule has 2 atom stereocenters. The van der Waals surface area contributed by atoms with Gasteiger partial charge in [-0.2, -0.15) is 0 Å². The van der Waals surface area contributed by atoms with Crippen molar-refractivity contribution in [3.63, 3.8) is 0 Å². The molecule has 5 rings (SSSR count). The van der Waals surface area contributed by atoms with Crippen LogP contribution in [0.25, 0.3) is 0 Å². The van der Waals surface area contributed by atoms with E-state index in [2.05, 4.69) is 19.2 Å². The third-order valence-corrected chi connectivity index (χ3v) is 7.19. The summed E-state index contributed by atoms with van der Waals surface area (Å²) >= 11 is 0. The maximum absolute atomic E-state index is 12.9. The summed E-state index contributed by atoms with van der Waals surface area (Å²) in [5, 5.41) is 3.55. The van der Waals surface area contributed by atoms with Gasteiger partial charge in [0, 0.05) is 12.1 Å². The summed E-state index contributed by atoms with van der Waals surface area (Å²) in [7, 11) is 0. The smallest absolute Gasteiger partial charge is 0.227 e. The van der Waals surface area contributed by atoms with Gasteiger partial charge >= 0.3 is 0 Å². The summed E-state index contributed by atoms with van der Waals surface area (Å²) in [5.41, 5.74) is 6.69. The van der Waals surface area contributed by atoms with E-state index in [1.165, 1.54) is 38.5 Å². The molecule has 1 amide bonds. The second kappa shape index (κ2) is 4.04. The largest absolute Gasteiger partial charge is 0.350 e. The number of nitrogens with one attached hydrogen (secondary N) is 1. The molecule has 3 nitrogen and oxygen atoms in total. The van der Waals surface area contributed by atoms with Crippen molar-refractivity contribution in [2.75, 3.05) is 6.54 Å². The van der Waals surface area contributed by atoms with Crippen LogP contribution in [0.3, 0.4) is 0 Å². The van der Waals surface area contributed by atoms with E-state index in [1.54, 1.807) is 0 Å². The maximum Gasteiger partial charge on any atom is 0.227 e. The quantitative estimate of drug-likeness (QED) is 0.839. The molecule has 5 aliphatic carbocycles. The first kappa shape index (κ1) is 14.0. The highest BCUT2D eigenvalue weighted by molar-refractivity contribution is 5.84. The summed E-state index contributed by atoms with van der Waals surface area (Å²) in [6, 6.07) is 0. The van der Waals surface area contributed by atoms with Crippen LogP contribution in [-0.2, 0) is 4.79 Å². The van der Waals surface area contributed by atoms with Crippen molar-refractivity contribution >= 4 is 5.91 Å². The Morgan fingerprint density at radius 3 is 2.14 bits per heavy atom. The Morgan fingerprint density at radius 2 is 1.71 bits per heavy atom. The van der Waals surface area contributed by atoms with Gasteiger partial charge in [-0.3, -0.25) is 4.79 Å². The number of nitrogens with two attached hydrogens (primary N) is 1. The van der Waals surface area contributed by atoms with Gasteiger partial charge < -0.3 is 11.1 Å². The molecule has 5 saturated carbocycles. The van der Waals surface area contributed by atoms with Gasteiger partial charge in [0.25, 0.3) is 0 Å². The Hall–Kier alpha value is -0.570. The molecule has 3 N–H and O–H groups in total. The van der Waals surface area contributed by atoms with Crippen LogP contribution in [0.15, 0.2) is 0 Å². The van der Waals surface area contributed by atoms with Gasteiger partial charge in [-0.15, -0.1) is 0 Å². The first-order valence-corrected chi connectivity index (χ1v) is 8.83. The molecule has 21 heavy (non-hydrogen) atoms. The number of hydrogen-bond acceptors (Lipinski definition) is 2. The van der Waals surface area contributed by atoms with Gasteiger partial charge in [0.1, 0.15) is 0 Å². The third-order valence-electron chi connectivity index (χ3n) is 7.19. The SMILES string of the molecule is CC12CC3CC(C)(C1)CC(NC(=O)C1(CN)CCC1)(C3)C2. The molecule has 0 heterocycles. The molecule has 0 aliphatic heterocycles. The van der Waals surface area contributed by atoms with Crippen molar-refractivity contribution in [3.05, 3.63) is 0 Å². The van der Waals surface area contributed by atoms with Crippen molar-refractivity contribution in [3.8, 4) is 0 Å². The van der Waals surface area contributed by atoms with Gasteiger partial charge in [0.2, 0.25) is 5.91 Å². The Bertz CT molecular complexity index is 458. The fourth-order valence-electron chi connectivity index (χ4n) is 7.09. The van der Waals surface area contributed by atoms with E-state index in [9.17, 15) is 4.79 Å². The Labute approximate surface area is 128 Å². The zero-order valence-electron chi connectivity index (χ0n) is 13.6. The van der Waals surface area contributed by atoms with Crippen LogP contribution < -0.4 is 11.1 Å². The Balaban J connectivity index is 1.58. The fourth-order valence-corrected chi connectivity index (χ4v) is 7.09. The molecule has 4 bridgehead atoms. The van der Waals surface area contributed by atoms with Crippen LogP contribution in [0.5, 0.6) is 0 Å². The first-order chi connectivity index (χ1) is 9.80. The minimum Gasteiger partial charge on any atom is -0.350 e. The molecule has 0 aromatic rings. The molecule has 0 radical (unpaired) electrons. The lowest BCUT2D eigenvalue weighted by Gasteiger charge is -2.65. The number of hydrogen-bond donors (Lipinski definition) is 2. The van der Waals surface area contributed by atoms with Crippen LogP contribution in [0.4, 0.5) is 0 Å². The average molecular weight is 290 g/mol. The summed E-state index contributed by atoms with van der Waals surface area (Å²) in [6.07, 6.45) is 10.9. The minimum atomic E-state index is -0.231. The molecule has 0 saturated heterocycles. The molecule has 0 aromatic heterocycles. The van der Waals surface area contributed by atoms with Crippen molar-refractivity contribution in [1.82, 2.24) is 5.32 Å². The summed E-state index contributed by atoms with van der Waals surface area (Å²) in [4.78, 5) is 12.9. The average Bonchev–Trinajstić information content (AvgIpc) is 2.21. The minimum absolute atomic E-state index is 0.0811. The molecule has 5 fully saturated rings. The van der Waals surface area contributed by atoms with Crippen LogP contribution in [0.1, 0.15) is 71.6 Å². The molecule has 3 heteroatoms. The van der Waals surface area contributed by atoms with Crippen LogP contribution >= 0.6 is 0 Å². The first-order valence-electron chi connectivity index (χ1n) is 8.83. The third kappa shape index (κ3) is 1.99. The molecule has 118 valence electrons. The van der Waals surface area contributed by atoms with Crippen molar-refractivity contribution in [1.29, 1.82) is 0 Å². The van der Waals surface area contributed by atoms with E-state index < -0.39 is 0 Å². The van der Waals surface area contributed by atoms with E-state index in [0.717, 1.165) is 25.2 Å². The Kier molecular flexibility index (Phi) is 2.70. The highest BCUT2D eigenvalue weighted by atomic mass is 16.2. The standard InChI is InChI=1S/C18H30N2O/c1-15-6-13-7-16(2,9-15)11-18(8-13,10-15)20-14(21)17(12-19)4-3-5-17/h13H,3-12,19H2,1-2H3,(H,20,21). The lowest BCUT2D eigenvalue weighted by atomic mass is 9.42. The van der Waals surface area contributed by atoms with E-state index in [4.69, 9.17) is 5.73 Å². The van der Waals surface area contributed by atoms with Crippen LogP contribution in [0.2, 0.25) is 0 Å². The van der Waals surface area contributed by atoms with E-state index in [0.29, 0.717) is 17.4 Å². The molecular formula is C18H30N2O. The lowest BCUT2D eigenvalue weighted by Crippen LogP contribution is -2.67. The molecule has 0 spiro atoms. The summed E-state index contributed by atoms with van der Waals surface area (Å²) in [6.45, 7) is 5.43. The van der Waals surface area contributed by atoms with Gasteiger partial charge in [0.15, 0.2) is 0 Å². The van der Waals surface area contributed by atoms with Gasteiger partial charge in [-0.05, 0) is 68.1 Å². The topological polar surface area (TPSA) is 55.1 Å². The lowest BCUT2D eigenvalue weighted by molar-refractivity contribution is -0.150. The van der Waals surface area contributed by atoms with E-state index in [-0.39, 0.29) is 16.9 Å². The van der Waals surface area contributed by atoms with Gasteiger partial charge in [0.05, 0.1) is 5.41 Å². The fraction of sp³-hybridized carbons (Fsp3) is 0.944.